The van der Waals surface area contributed by atoms with Crippen molar-refractivity contribution in [1.82, 2.24) is 5.32 Å². The Morgan fingerprint density at radius 2 is 1.83 bits per heavy atom. The van der Waals surface area contributed by atoms with E-state index >= 15 is 0 Å². The molecule has 0 bridgehead atoms. The van der Waals surface area contributed by atoms with Gasteiger partial charge >= 0.3 is 12.0 Å². The van der Waals surface area contributed by atoms with E-state index in [0.717, 1.165) is 12.1 Å². The number of alkyl halides is 2. The Balaban J connectivity index is 2.49. The van der Waals surface area contributed by atoms with Crippen molar-refractivity contribution in [3.8, 4) is 17.2 Å². The summed E-state index contributed by atoms with van der Waals surface area (Å²) in [6.45, 7) is -1.16. The van der Waals surface area contributed by atoms with Crippen molar-refractivity contribution in [2.45, 2.75) is 12.0 Å². The van der Waals surface area contributed by atoms with Crippen LogP contribution in [0.4, 0.5) is 13.6 Å². The molecule has 1 atom stereocenters. The van der Waals surface area contributed by atoms with Crippen molar-refractivity contribution in [3.05, 3.63) is 17.7 Å². The fraction of sp³-hybridized carbons (Fsp3) is 0.300. The lowest BCUT2D eigenvalue weighted by molar-refractivity contribution is -0.105. The molecule has 98 valence electrons. The van der Waals surface area contributed by atoms with E-state index in [9.17, 15) is 23.8 Å². The second-order valence-corrected chi connectivity index (χ2v) is 3.81. The molecule has 0 aromatic heterocycles. The summed E-state index contributed by atoms with van der Waals surface area (Å²) in [6, 6.07) is -0.362. The standard InChI is InChI=1S/C10H9F2NO5/c11-10(12)3-18-9(17)13-8(10)7-5(15)1-4(14)2-6(7)16/h1-2,8,14-16H,3H2,(H,13,17)/t8-/m1/s1. The first-order valence-electron chi connectivity index (χ1n) is 4.87. The molecule has 1 aliphatic heterocycles. The number of hydrogen-bond acceptors (Lipinski definition) is 5. The van der Waals surface area contributed by atoms with E-state index in [1.165, 1.54) is 0 Å². The lowest BCUT2D eigenvalue weighted by Gasteiger charge is -2.32. The number of halogens is 2. The molecule has 1 fully saturated rings. The first-order chi connectivity index (χ1) is 8.31. The molecule has 0 radical (unpaired) electrons. The zero-order valence-corrected chi connectivity index (χ0v) is 8.85. The number of phenolic OH excluding ortho intramolecular Hbond substituents is 3. The van der Waals surface area contributed by atoms with Crippen molar-refractivity contribution >= 4 is 6.09 Å². The van der Waals surface area contributed by atoms with Crippen LogP contribution in [-0.4, -0.2) is 33.9 Å². The van der Waals surface area contributed by atoms with Crippen molar-refractivity contribution in [3.63, 3.8) is 0 Å². The molecule has 6 nitrogen and oxygen atoms in total. The van der Waals surface area contributed by atoms with Crippen LogP contribution in [0.15, 0.2) is 12.1 Å². The van der Waals surface area contributed by atoms with Gasteiger partial charge in [0, 0.05) is 12.1 Å². The highest BCUT2D eigenvalue weighted by Gasteiger charge is 2.49. The summed E-state index contributed by atoms with van der Waals surface area (Å²) in [6.07, 6.45) is -1.09. The summed E-state index contributed by atoms with van der Waals surface area (Å²) in [5.41, 5.74) is -0.575. The number of phenols is 3. The van der Waals surface area contributed by atoms with Crippen molar-refractivity contribution < 1.29 is 33.6 Å². The van der Waals surface area contributed by atoms with Gasteiger partial charge in [-0.05, 0) is 0 Å². The maximum Gasteiger partial charge on any atom is 0.408 e. The SMILES string of the molecule is O=C1N[C@H](c2c(O)cc(O)cc2O)C(F)(F)CO1. The molecule has 18 heavy (non-hydrogen) atoms. The van der Waals surface area contributed by atoms with Gasteiger partial charge in [-0.1, -0.05) is 0 Å². The molecule has 1 heterocycles. The minimum atomic E-state index is -3.50. The van der Waals surface area contributed by atoms with Gasteiger partial charge in [0.05, 0.1) is 5.56 Å². The molecule has 4 N–H and O–H groups in total. The van der Waals surface area contributed by atoms with Crippen molar-refractivity contribution in [1.29, 1.82) is 0 Å². The molecule has 0 spiro atoms. The first kappa shape index (κ1) is 12.2. The number of carbonyl (C=O) groups excluding carboxylic acids is 1. The van der Waals surface area contributed by atoms with Gasteiger partial charge in [-0.2, -0.15) is 0 Å². The summed E-state index contributed by atoms with van der Waals surface area (Å²) in [4.78, 5) is 10.9. The third-order valence-corrected chi connectivity index (χ3v) is 2.49. The quantitative estimate of drug-likeness (QED) is 0.609. The van der Waals surface area contributed by atoms with Gasteiger partial charge in [0.25, 0.3) is 0 Å². The van der Waals surface area contributed by atoms with Crippen LogP contribution in [0.25, 0.3) is 0 Å². The lowest BCUT2D eigenvalue weighted by atomic mass is 9.98. The highest BCUT2D eigenvalue weighted by atomic mass is 19.3. The number of hydrogen-bond donors (Lipinski definition) is 4. The van der Waals surface area contributed by atoms with E-state index in [0.29, 0.717) is 0 Å². The summed E-state index contributed by atoms with van der Waals surface area (Å²) in [5, 5.41) is 29.9. The Morgan fingerprint density at radius 1 is 1.28 bits per heavy atom. The largest absolute Gasteiger partial charge is 0.508 e. The summed E-state index contributed by atoms with van der Waals surface area (Å²) < 4.78 is 31.3. The number of nitrogens with one attached hydrogen (secondary N) is 1. The van der Waals surface area contributed by atoms with Crippen LogP contribution < -0.4 is 5.32 Å². The maximum absolute atomic E-state index is 13.6. The van der Waals surface area contributed by atoms with Crippen LogP contribution in [-0.2, 0) is 4.74 Å². The summed E-state index contributed by atoms with van der Waals surface area (Å²) in [7, 11) is 0. The molecule has 0 saturated carbocycles. The van der Waals surface area contributed by atoms with Gasteiger partial charge in [0.15, 0.2) is 6.61 Å². The first-order valence-corrected chi connectivity index (χ1v) is 4.87. The summed E-state index contributed by atoms with van der Waals surface area (Å²) in [5.74, 6) is -5.49. The predicted octanol–water partition coefficient (Wildman–Crippen LogP) is 1.22. The van der Waals surface area contributed by atoms with Gasteiger partial charge in [0.1, 0.15) is 23.3 Å². The van der Waals surface area contributed by atoms with Gasteiger partial charge in [-0.15, -0.1) is 0 Å². The normalized spacial score (nSPS) is 22.1. The highest BCUT2D eigenvalue weighted by Crippen LogP contribution is 2.44. The molecular weight excluding hydrogens is 252 g/mol. The number of cyclic esters (lactones) is 1. The Bertz CT molecular complexity index is 482. The molecule has 1 aromatic carbocycles. The number of ether oxygens (including phenoxy) is 1. The Hall–Kier alpha value is -2.25. The van der Waals surface area contributed by atoms with Crippen LogP contribution in [0.5, 0.6) is 17.2 Å². The zero-order chi connectivity index (χ0) is 13.5. The van der Waals surface area contributed by atoms with Gasteiger partial charge in [0.2, 0.25) is 0 Å². The van der Waals surface area contributed by atoms with E-state index in [2.05, 4.69) is 4.74 Å². The lowest BCUT2D eigenvalue weighted by Crippen LogP contribution is -2.49. The molecule has 1 amide bonds. The minimum Gasteiger partial charge on any atom is -0.508 e. The Morgan fingerprint density at radius 3 is 2.39 bits per heavy atom. The summed E-state index contributed by atoms with van der Waals surface area (Å²) >= 11 is 0. The topological polar surface area (TPSA) is 99.0 Å². The zero-order valence-electron chi connectivity index (χ0n) is 8.85. The van der Waals surface area contributed by atoms with E-state index in [4.69, 9.17) is 5.11 Å². The number of aromatic hydroxyl groups is 3. The van der Waals surface area contributed by atoms with E-state index in [1.54, 1.807) is 0 Å². The van der Waals surface area contributed by atoms with E-state index < -0.39 is 47.5 Å². The van der Waals surface area contributed by atoms with Crippen LogP contribution in [0.3, 0.4) is 0 Å². The number of carbonyl (C=O) groups is 1. The second kappa shape index (κ2) is 3.90. The molecule has 2 rings (SSSR count). The van der Waals surface area contributed by atoms with Crippen LogP contribution in [0, 0.1) is 0 Å². The smallest absolute Gasteiger partial charge is 0.408 e. The monoisotopic (exact) mass is 261 g/mol. The average molecular weight is 261 g/mol. The van der Waals surface area contributed by atoms with Gasteiger partial charge in [-0.3, -0.25) is 0 Å². The fourth-order valence-electron chi connectivity index (χ4n) is 1.70. The molecule has 0 unspecified atom stereocenters. The Labute approximate surface area is 99.4 Å². The third kappa shape index (κ3) is 1.96. The van der Waals surface area contributed by atoms with Crippen LogP contribution in [0.1, 0.15) is 11.6 Å². The van der Waals surface area contributed by atoms with E-state index in [1.807, 2.05) is 5.32 Å². The molecule has 0 aliphatic carbocycles. The number of amides is 1. The predicted molar refractivity (Wildman–Crippen MR) is 53.6 cm³/mol. The molecule has 1 aromatic rings. The van der Waals surface area contributed by atoms with Gasteiger partial charge in [-0.25, -0.2) is 13.6 Å². The van der Waals surface area contributed by atoms with E-state index in [-0.39, 0.29) is 0 Å². The van der Waals surface area contributed by atoms with Crippen LogP contribution in [0.2, 0.25) is 0 Å². The third-order valence-electron chi connectivity index (χ3n) is 2.49. The molecule has 8 heteroatoms. The maximum atomic E-state index is 13.6. The fourth-order valence-corrected chi connectivity index (χ4v) is 1.70. The van der Waals surface area contributed by atoms with Crippen molar-refractivity contribution in [2.24, 2.45) is 0 Å². The minimum absolute atomic E-state index is 0.490. The number of benzene rings is 1. The second-order valence-electron chi connectivity index (χ2n) is 3.81. The number of rotatable bonds is 1. The Kier molecular flexibility index (Phi) is 2.64. The van der Waals surface area contributed by atoms with Gasteiger partial charge < -0.3 is 25.4 Å². The molecular formula is C10H9F2NO5. The molecule has 1 saturated heterocycles. The molecule has 1 aliphatic rings. The number of alkyl carbamates (subject to hydrolysis) is 1. The van der Waals surface area contributed by atoms with Crippen LogP contribution >= 0.6 is 0 Å². The van der Waals surface area contributed by atoms with Crippen molar-refractivity contribution in [2.75, 3.05) is 6.61 Å². The average Bonchev–Trinajstić information content (AvgIpc) is 2.22. The highest BCUT2D eigenvalue weighted by molar-refractivity contribution is 5.70.